The van der Waals surface area contributed by atoms with Gasteiger partial charge in [0.2, 0.25) is 5.89 Å². The van der Waals surface area contributed by atoms with Gasteiger partial charge in [-0.15, -0.1) is 0 Å². The molecule has 24 heavy (non-hydrogen) atoms. The number of fused-ring (bicyclic) bond motifs is 1. The Bertz CT molecular complexity index is 976. The monoisotopic (exact) mass is 319 g/mol. The van der Waals surface area contributed by atoms with Crippen molar-refractivity contribution in [1.82, 2.24) is 4.98 Å². The molecule has 4 rings (SSSR count). The van der Waals surface area contributed by atoms with Crippen molar-refractivity contribution in [2.45, 2.75) is 6.61 Å². The van der Waals surface area contributed by atoms with Gasteiger partial charge in [0.15, 0.2) is 0 Å². The SMILES string of the molecule is Fc1ccc(-c2nc(COc3ccc4ccccc4c3)co2)cc1. The Morgan fingerprint density at radius 2 is 1.71 bits per heavy atom. The van der Waals surface area contributed by atoms with Crippen molar-refractivity contribution < 1.29 is 13.5 Å². The van der Waals surface area contributed by atoms with Crippen LogP contribution in [0.3, 0.4) is 0 Å². The van der Waals surface area contributed by atoms with E-state index >= 15 is 0 Å². The molecule has 0 amide bonds. The summed E-state index contributed by atoms with van der Waals surface area (Å²) in [5, 5.41) is 2.30. The summed E-state index contributed by atoms with van der Waals surface area (Å²) in [7, 11) is 0. The summed E-state index contributed by atoms with van der Waals surface area (Å²) in [6, 6.07) is 20.1. The van der Waals surface area contributed by atoms with E-state index in [1.54, 1.807) is 18.4 Å². The second kappa shape index (κ2) is 6.16. The summed E-state index contributed by atoms with van der Waals surface area (Å²) in [6.07, 6.45) is 1.56. The zero-order valence-electron chi connectivity index (χ0n) is 12.8. The van der Waals surface area contributed by atoms with Gasteiger partial charge >= 0.3 is 0 Å². The number of benzene rings is 3. The molecule has 0 spiro atoms. The van der Waals surface area contributed by atoms with Gasteiger partial charge in [-0.3, -0.25) is 0 Å². The summed E-state index contributed by atoms with van der Waals surface area (Å²) in [6.45, 7) is 0.309. The first-order chi connectivity index (χ1) is 11.8. The highest BCUT2D eigenvalue weighted by Gasteiger charge is 2.07. The van der Waals surface area contributed by atoms with Gasteiger partial charge in [0.05, 0.1) is 0 Å². The first-order valence-electron chi connectivity index (χ1n) is 7.60. The van der Waals surface area contributed by atoms with E-state index in [0.29, 0.717) is 18.2 Å². The normalized spacial score (nSPS) is 10.9. The Balaban J connectivity index is 1.48. The smallest absolute Gasteiger partial charge is 0.226 e. The minimum absolute atomic E-state index is 0.287. The quantitative estimate of drug-likeness (QED) is 0.518. The Morgan fingerprint density at radius 1 is 0.917 bits per heavy atom. The molecule has 0 saturated heterocycles. The lowest BCUT2D eigenvalue weighted by molar-refractivity contribution is 0.301. The highest BCUT2D eigenvalue weighted by Crippen LogP contribution is 2.23. The second-order valence-corrected chi connectivity index (χ2v) is 5.45. The molecule has 0 atom stereocenters. The summed E-state index contributed by atoms with van der Waals surface area (Å²) in [5.41, 5.74) is 1.41. The van der Waals surface area contributed by atoms with Crippen LogP contribution in [0.2, 0.25) is 0 Å². The predicted octanol–water partition coefficient (Wildman–Crippen LogP) is 5.21. The largest absolute Gasteiger partial charge is 0.487 e. The molecular weight excluding hydrogens is 305 g/mol. The summed E-state index contributed by atoms with van der Waals surface area (Å²) >= 11 is 0. The molecule has 3 aromatic carbocycles. The highest BCUT2D eigenvalue weighted by atomic mass is 19.1. The van der Waals surface area contributed by atoms with Crippen molar-refractivity contribution >= 4 is 10.8 Å². The third-order valence-electron chi connectivity index (χ3n) is 3.75. The number of nitrogens with zero attached hydrogens (tertiary/aromatic N) is 1. The first kappa shape index (κ1) is 14.5. The Hall–Kier alpha value is -3.14. The summed E-state index contributed by atoms with van der Waals surface area (Å²) < 4.78 is 24.2. The number of halogens is 1. The molecular formula is C20H14FNO2. The summed E-state index contributed by atoms with van der Waals surface area (Å²) in [5.74, 6) is 0.942. The van der Waals surface area contributed by atoms with Gasteiger partial charge in [0.25, 0.3) is 0 Å². The third kappa shape index (κ3) is 2.99. The van der Waals surface area contributed by atoms with Crippen molar-refractivity contribution in [3.8, 4) is 17.2 Å². The predicted molar refractivity (Wildman–Crippen MR) is 90.2 cm³/mol. The van der Waals surface area contributed by atoms with Crippen molar-refractivity contribution in [2.75, 3.05) is 0 Å². The number of ether oxygens (including phenoxy) is 1. The average molecular weight is 319 g/mol. The van der Waals surface area contributed by atoms with E-state index in [1.165, 1.54) is 17.5 Å². The van der Waals surface area contributed by atoms with Crippen LogP contribution in [0.15, 0.2) is 77.4 Å². The lowest BCUT2D eigenvalue weighted by Crippen LogP contribution is -1.95. The minimum Gasteiger partial charge on any atom is -0.487 e. The van der Waals surface area contributed by atoms with E-state index in [2.05, 4.69) is 11.1 Å². The Kier molecular flexibility index (Phi) is 3.71. The molecule has 0 N–H and O–H groups in total. The Morgan fingerprint density at radius 3 is 2.54 bits per heavy atom. The highest BCUT2D eigenvalue weighted by molar-refractivity contribution is 5.83. The van der Waals surface area contributed by atoms with Crippen LogP contribution in [0.5, 0.6) is 5.75 Å². The molecule has 4 aromatic rings. The van der Waals surface area contributed by atoms with E-state index in [9.17, 15) is 4.39 Å². The molecule has 0 aliphatic rings. The van der Waals surface area contributed by atoms with Gasteiger partial charge in [-0.05, 0) is 47.2 Å². The lowest BCUT2D eigenvalue weighted by atomic mass is 10.1. The van der Waals surface area contributed by atoms with Gasteiger partial charge in [-0.2, -0.15) is 0 Å². The molecule has 0 saturated carbocycles. The average Bonchev–Trinajstić information content (AvgIpc) is 3.09. The van der Waals surface area contributed by atoms with Gasteiger partial charge in [-0.25, -0.2) is 9.37 Å². The number of hydrogen-bond acceptors (Lipinski definition) is 3. The molecule has 1 aromatic heterocycles. The van der Waals surface area contributed by atoms with Gasteiger partial charge < -0.3 is 9.15 Å². The minimum atomic E-state index is -0.287. The molecule has 0 bridgehead atoms. The second-order valence-electron chi connectivity index (χ2n) is 5.45. The zero-order chi connectivity index (χ0) is 16.4. The van der Waals surface area contributed by atoms with E-state index < -0.39 is 0 Å². The number of rotatable bonds is 4. The van der Waals surface area contributed by atoms with Crippen molar-refractivity contribution in [3.63, 3.8) is 0 Å². The van der Waals surface area contributed by atoms with Crippen LogP contribution in [-0.2, 0) is 6.61 Å². The topological polar surface area (TPSA) is 35.3 Å². The molecule has 0 radical (unpaired) electrons. The molecule has 4 heteroatoms. The van der Waals surface area contributed by atoms with Crippen molar-refractivity contribution in [2.24, 2.45) is 0 Å². The van der Waals surface area contributed by atoms with E-state index in [-0.39, 0.29) is 5.82 Å². The van der Waals surface area contributed by atoms with Crippen LogP contribution >= 0.6 is 0 Å². The molecule has 3 nitrogen and oxygen atoms in total. The molecule has 118 valence electrons. The molecule has 1 heterocycles. The van der Waals surface area contributed by atoms with Crippen molar-refractivity contribution in [1.29, 1.82) is 0 Å². The van der Waals surface area contributed by atoms with Gasteiger partial charge in [0, 0.05) is 5.56 Å². The third-order valence-corrected chi connectivity index (χ3v) is 3.75. The van der Waals surface area contributed by atoms with E-state index in [4.69, 9.17) is 9.15 Å². The van der Waals surface area contributed by atoms with Gasteiger partial charge in [-0.1, -0.05) is 30.3 Å². The molecule has 0 fully saturated rings. The maximum atomic E-state index is 13.0. The van der Waals surface area contributed by atoms with Crippen molar-refractivity contribution in [3.05, 3.63) is 84.5 Å². The molecule has 0 aliphatic carbocycles. The number of aromatic nitrogens is 1. The van der Waals surface area contributed by atoms with Crippen LogP contribution < -0.4 is 4.74 Å². The maximum absolute atomic E-state index is 13.0. The molecule has 0 unspecified atom stereocenters. The fourth-order valence-corrected chi connectivity index (χ4v) is 2.51. The fraction of sp³-hybridized carbons (Fsp3) is 0.0500. The summed E-state index contributed by atoms with van der Waals surface area (Å²) in [4.78, 5) is 4.37. The van der Waals surface area contributed by atoms with Crippen LogP contribution in [0, 0.1) is 5.82 Å². The van der Waals surface area contributed by atoms with Crippen LogP contribution in [-0.4, -0.2) is 4.98 Å². The molecule has 0 aliphatic heterocycles. The van der Waals surface area contributed by atoms with Crippen LogP contribution in [0.1, 0.15) is 5.69 Å². The maximum Gasteiger partial charge on any atom is 0.226 e. The number of oxazole rings is 1. The lowest BCUT2D eigenvalue weighted by Gasteiger charge is -2.05. The zero-order valence-corrected chi connectivity index (χ0v) is 12.8. The fourth-order valence-electron chi connectivity index (χ4n) is 2.51. The van der Waals surface area contributed by atoms with E-state index in [0.717, 1.165) is 16.7 Å². The van der Waals surface area contributed by atoms with Gasteiger partial charge in [0.1, 0.15) is 30.1 Å². The number of hydrogen-bond donors (Lipinski definition) is 0. The van der Waals surface area contributed by atoms with E-state index in [1.807, 2.05) is 36.4 Å². The van der Waals surface area contributed by atoms with Crippen LogP contribution in [0.25, 0.3) is 22.2 Å². The Labute approximate surface area is 138 Å². The van der Waals surface area contributed by atoms with Crippen LogP contribution in [0.4, 0.5) is 4.39 Å². The standard InChI is InChI=1S/C20H14FNO2/c21-17-8-5-15(6-9-17)20-22-18(13-24-20)12-23-19-10-7-14-3-1-2-4-16(14)11-19/h1-11,13H,12H2. The first-order valence-corrected chi connectivity index (χ1v) is 7.60.